The van der Waals surface area contributed by atoms with Crippen LogP contribution >= 0.6 is 0 Å². The van der Waals surface area contributed by atoms with Crippen LogP contribution in [0.3, 0.4) is 0 Å². The van der Waals surface area contributed by atoms with Gasteiger partial charge in [-0.15, -0.1) is 0 Å². The normalized spacial score (nSPS) is 12.4. The molecule has 0 N–H and O–H groups in total. The topological polar surface area (TPSA) is 100 Å². The Morgan fingerprint density at radius 2 is 1.15 bits per heavy atom. The van der Waals surface area contributed by atoms with E-state index in [2.05, 4.69) is 56.7 Å². The quantitative estimate of drug-likeness (QED) is 0.254. The minimum atomic E-state index is -0.364. The Bertz CT molecular complexity index is 1340. The maximum Gasteiger partial charge on any atom is 0.340 e. The molecule has 0 aliphatic carbocycles. The van der Waals surface area contributed by atoms with Crippen molar-refractivity contribution >= 4 is 24.4 Å². The lowest BCUT2D eigenvalue weighted by Gasteiger charge is -2.19. The Hall–Kier alpha value is -4.01. The van der Waals surface area contributed by atoms with Crippen LogP contribution in [0.2, 0.25) is 0 Å². The summed E-state index contributed by atoms with van der Waals surface area (Å²) < 4.78 is 14.0. The van der Waals surface area contributed by atoms with Crippen LogP contribution in [0.1, 0.15) is 110 Å². The van der Waals surface area contributed by atoms with Gasteiger partial charge in [0.25, 0.3) is 0 Å². The van der Waals surface area contributed by atoms with Gasteiger partial charge in [-0.2, -0.15) is 10.2 Å². The molecular weight excluding hydrogens is 506 g/mol. The first-order valence-electron chi connectivity index (χ1n) is 13.5. The van der Waals surface area contributed by atoms with Gasteiger partial charge in [0.1, 0.15) is 0 Å². The number of esters is 2. The number of pyridine rings is 1. The standard InChI is InChI=1S/C31H41N5O4/c1-11-39-28(37)24-16-26(30(5,6)7)35(20(24)3)32-18-22-14-13-15-23(34-22)19-33-36-21(4)25(29(38)40-12-2)17-27(36)31(8,9)10/h13-19H,11-12H2,1-10H3/b32-18+,33-19+. The van der Waals surface area contributed by atoms with Gasteiger partial charge >= 0.3 is 11.9 Å². The maximum absolute atomic E-state index is 12.5. The Labute approximate surface area is 236 Å². The minimum absolute atomic E-state index is 0.253. The minimum Gasteiger partial charge on any atom is -0.462 e. The van der Waals surface area contributed by atoms with Crippen molar-refractivity contribution in [3.05, 3.63) is 75.6 Å². The van der Waals surface area contributed by atoms with Crippen molar-refractivity contribution in [1.29, 1.82) is 0 Å². The maximum atomic E-state index is 12.5. The van der Waals surface area contributed by atoms with E-state index in [1.807, 2.05) is 44.2 Å². The Kier molecular flexibility index (Phi) is 9.18. The van der Waals surface area contributed by atoms with E-state index in [1.54, 1.807) is 35.6 Å². The van der Waals surface area contributed by atoms with Crippen molar-refractivity contribution in [3.63, 3.8) is 0 Å². The fourth-order valence-electron chi connectivity index (χ4n) is 4.24. The molecular formula is C31H41N5O4. The molecule has 3 heterocycles. The average molecular weight is 548 g/mol. The van der Waals surface area contributed by atoms with Crippen LogP contribution in [0.15, 0.2) is 40.5 Å². The first-order chi connectivity index (χ1) is 18.7. The van der Waals surface area contributed by atoms with Crippen LogP contribution in [-0.4, -0.2) is 51.9 Å². The summed E-state index contributed by atoms with van der Waals surface area (Å²) in [5.41, 5.74) is 4.92. The molecule has 0 radical (unpaired) electrons. The molecule has 0 atom stereocenters. The predicted molar refractivity (Wildman–Crippen MR) is 158 cm³/mol. The van der Waals surface area contributed by atoms with Crippen molar-refractivity contribution in [2.24, 2.45) is 10.2 Å². The Morgan fingerprint density at radius 3 is 1.48 bits per heavy atom. The van der Waals surface area contributed by atoms with E-state index in [9.17, 15) is 9.59 Å². The number of hydrogen-bond acceptors (Lipinski definition) is 7. The Morgan fingerprint density at radius 1 is 0.775 bits per heavy atom. The number of aromatic nitrogens is 3. The molecule has 3 aromatic heterocycles. The van der Waals surface area contributed by atoms with Crippen LogP contribution in [0.25, 0.3) is 0 Å². The number of rotatable bonds is 8. The predicted octanol–water partition coefficient (Wildman–Crippen LogP) is 6.01. The van der Waals surface area contributed by atoms with Crippen LogP contribution in [0.4, 0.5) is 0 Å². The van der Waals surface area contributed by atoms with Gasteiger partial charge in [0.15, 0.2) is 0 Å². The second-order valence-electron chi connectivity index (χ2n) is 11.6. The fourth-order valence-corrected chi connectivity index (χ4v) is 4.24. The number of carbonyl (C=O) groups is 2. The first kappa shape index (κ1) is 30.5. The van der Waals surface area contributed by atoms with Crippen molar-refractivity contribution in [2.75, 3.05) is 13.2 Å². The molecule has 0 aliphatic rings. The lowest BCUT2D eigenvalue weighted by atomic mass is 9.92. The molecule has 0 saturated heterocycles. The van der Waals surface area contributed by atoms with E-state index < -0.39 is 0 Å². The van der Waals surface area contributed by atoms with Crippen LogP contribution in [0, 0.1) is 13.8 Å². The molecule has 0 saturated carbocycles. The largest absolute Gasteiger partial charge is 0.462 e. The SMILES string of the molecule is CCOC(=O)c1cc(C(C)(C)C)n(/N=C/c2cccc(/C=N/n3c(C(C)(C)C)cc(C(=O)OCC)c3C)n2)c1C. The average Bonchev–Trinajstić information content (AvgIpc) is 3.38. The summed E-state index contributed by atoms with van der Waals surface area (Å²) in [7, 11) is 0. The number of nitrogens with zero attached hydrogens (tertiary/aromatic N) is 5. The molecule has 214 valence electrons. The van der Waals surface area contributed by atoms with Crippen LogP contribution in [0.5, 0.6) is 0 Å². The summed E-state index contributed by atoms with van der Waals surface area (Å²) in [5.74, 6) is -0.728. The van der Waals surface area contributed by atoms with E-state index in [4.69, 9.17) is 9.47 Å². The van der Waals surface area contributed by atoms with Gasteiger partial charge in [0.05, 0.1) is 59.5 Å². The monoisotopic (exact) mass is 547 g/mol. The fraction of sp³-hybridized carbons (Fsp3) is 0.452. The van der Waals surface area contributed by atoms with Crippen molar-refractivity contribution in [2.45, 2.75) is 80.1 Å². The lowest BCUT2D eigenvalue weighted by Crippen LogP contribution is -2.16. The summed E-state index contributed by atoms with van der Waals surface area (Å²) in [4.78, 5) is 29.7. The molecule has 9 heteroatoms. The van der Waals surface area contributed by atoms with E-state index in [-0.39, 0.29) is 22.8 Å². The zero-order chi connectivity index (χ0) is 29.8. The summed E-state index contributed by atoms with van der Waals surface area (Å²) in [6, 6.07) is 9.27. The van der Waals surface area contributed by atoms with E-state index in [0.717, 1.165) is 11.4 Å². The van der Waals surface area contributed by atoms with Gasteiger partial charge in [-0.25, -0.2) is 23.9 Å². The molecule has 0 aromatic carbocycles. The van der Waals surface area contributed by atoms with Gasteiger partial charge in [-0.05, 0) is 52.0 Å². The van der Waals surface area contributed by atoms with Gasteiger partial charge in [-0.1, -0.05) is 47.6 Å². The van der Waals surface area contributed by atoms with Crippen molar-refractivity contribution in [1.82, 2.24) is 14.3 Å². The third kappa shape index (κ3) is 6.76. The molecule has 3 rings (SSSR count). The highest BCUT2D eigenvalue weighted by Crippen LogP contribution is 2.29. The summed E-state index contributed by atoms with van der Waals surface area (Å²) >= 11 is 0. The molecule has 0 spiro atoms. The van der Waals surface area contributed by atoms with Gasteiger partial charge in [0, 0.05) is 22.2 Å². The summed E-state index contributed by atoms with van der Waals surface area (Å²) in [6.45, 7) is 20.3. The second-order valence-corrected chi connectivity index (χ2v) is 11.6. The highest BCUT2D eigenvalue weighted by atomic mass is 16.5. The van der Waals surface area contributed by atoms with Crippen LogP contribution in [-0.2, 0) is 20.3 Å². The summed E-state index contributed by atoms with van der Waals surface area (Å²) in [6.07, 6.45) is 3.32. The molecule has 0 fully saturated rings. The van der Waals surface area contributed by atoms with Crippen molar-refractivity contribution < 1.29 is 19.1 Å². The molecule has 9 nitrogen and oxygen atoms in total. The third-order valence-corrected chi connectivity index (χ3v) is 6.36. The molecule has 3 aromatic rings. The first-order valence-corrected chi connectivity index (χ1v) is 13.5. The molecule has 40 heavy (non-hydrogen) atoms. The van der Waals surface area contributed by atoms with Crippen molar-refractivity contribution in [3.8, 4) is 0 Å². The highest BCUT2D eigenvalue weighted by Gasteiger charge is 2.27. The number of hydrogen-bond donors (Lipinski definition) is 0. The van der Waals surface area contributed by atoms with Gasteiger partial charge < -0.3 is 9.47 Å². The van der Waals surface area contributed by atoms with E-state index >= 15 is 0 Å². The van der Waals surface area contributed by atoms with Gasteiger partial charge in [0.2, 0.25) is 0 Å². The molecule has 0 bridgehead atoms. The zero-order valence-electron chi connectivity index (χ0n) is 25.3. The number of ether oxygens (including phenoxy) is 2. The lowest BCUT2D eigenvalue weighted by molar-refractivity contribution is 0.0515. The summed E-state index contributed by atoms with van der Waals surface area (Å²) in [5, 5.41) is 9.37. The highest BCUT2D eigenvalue weighted by molar-refractivity contribution is 5.92. The number of carbonyl (C=O) groups excluding carboxylic acids is 2. The van der Waals surface area contributed by atoms with E-state index in [1.165, 1.54) is 0 Å². The smallest absolute Gasteiger partial charge is 0.340 e. The molecule has 0 unspecified atom stereocenters. The molecule has 0 aliphatic heterocycles. The Balaban J connectivity index is 1.97. The van der Waals surface area contributed by atoms with E-state index in [0.29, 0.717) is 47.1 Å². The van der Waals surface area contributed by atoms with Gasteiger partial charge in [-0.3, -0.25) is 0 Å². The van der Waals surface area contributed by atoms with Crippen LogP contribution < -0.4 is 0 Å². The zero-order valence-corrected chi connectivity index (χ0v) is 25.3. The third-order valence-electron chi connectivity index (χ3n) is 6.36. The second kappa shape index (κ2) is 12.0. The molecule has 0 amide bonds.